The molecule has 4 heterocycles. The third-order valence-corrected chi connectivity index (χ3v) is 12.9. The number of benzene rings is 3. The number of carbonyl (C=O) groups excluding carboxylic acids is 3. The second-order valence-electron chi connectivity index (χ2n) is 17.2. The number of carbonyl (C=O) groups is 3. The molecule has 3 aliphatic rings. The van der Waals surface area contributed by atoms with Crippen LogP contribution in [0.3, 0.4) is 0 Å². The highest BCUT2D eigenvalue weighted by molar-refractivity contribution is 5.97. The summed E-state index contributed by atoms with van der Waals surface area (Å²) < 4.78 is 34.1. The second kappa shape index (κ2) is 18.9. The quantitative estimate of drug-likeness (QED) is 0.0571. The molecule has 0 aliphatic carbocycles. The van der Waals surface area contributed by atoms with Crippen LogP contribution in [0.4, 0.5) is 14.5 Å². The molecule has 2 atom stereocenters. The van der Waals surface area contributed by atoms with Gasteiger partial charge in [-0.05, 0) is 98.3 Å². The summed E-state index contributed by atoms with van der Waals surface area (Å²) in [5.74, 6) is -0.525. The van der Waals surface area contributed by atoms with Crippen molar-refractivity contribution in [3.8, 4) is 5.75 Å². The fraction of sp³-hybridized carbons (Fsp3) is 0.426. The van der Waals surface area contributed by atoms with Crippen molar-refractivity contribution in [2.75, 3.05) is 57.7 Å². The van der Waals surface area contributed by atoms with Crippen molar-refractivity contribution in [3.05, 3.63) is 112 Å². The molecular formula is C47H59F2N9O4. The SMILES string of the molecule is Cc1cc(C(=O)N2CCC(F)(CN3CCC(n4ccc5c(C)c(NC(=O)CCNC=O)ccc54)CC3)CC2)ccc1C1CC(F)CN(C(/C=C(\N)c2ccccc2O)=C(N)N)C1. The number of amides is 3. The van der Waals surface area contributed by atoms with Crippen LogP contribution < -0.4 is 27.8 Å². The van der Waals surface area contributed by atoms with Crippen LogP contribution in [0, 0.1) is 13.8 Å². The van der Waals surface area contributed by atoms with E-state index in [1.54, 1.807) is 40.1 Å². The predicted octanol–water partition coefficient (Wildman–Crippen LogP) is 5.53. The molecule has 3 aliphatic heterocycles. The normalized spacial score (nSPS) is 19.9. The molecule has 0 saturated carbocycles. The Labute approximate surface area is 361 Å². The van der Waals surface area contributed by atoms with Crippen LogP contribution in [0.25, 0.3) is 16.6 Å². The number of fused-ring (bicyclic) bond motifs is 1. The zero-order chi connectivity index (χ0) is 44.1. The van der Waals surface area contributed by atoms with E-state index in [4.69, 9.17) is 17.2 Å². The van der Waals surface area contributed by atoms with Gasteiger partial charge >= 0.3 is 0 Å². The van der Waals surface area contributed by atoms with Gasteiger partial charge in [-0.15, -0.1) is 0 Å². The van der Waals surface area contributed by atoms with E-state index in [1.165, 1.54) is 6.07 Å². The van der Waals surface area contributed by atoms with Crippen molar-refractivity contribution in [1.82, 2.24) is 24.6 Å². The summed E-state index contributed by atoms with van der Waals surface area (Å²) in [6.07, 6.45) is 5.87. The lowest BCUT2D eigenvalue weighted by atomic mass is 9.86. The van der Waals surface area contributed by atoms with Gasteiger partial charge in [0.05, 0.1) is 5.70 Å². The van der Waals surface area contributed by atoms with E-state index in [0.29, 0.717) is 55.8 Å². The van der Waals surface area contributed by atoms with E-state index in [0.717, 1.165) is 59.2 Å². The van der Waals surface area contributed by atoms with E-state index in [9.17, 15) is 19.5 Å². The number of hydrogen-bond acceptors (Lipinski definition) is 9. The van der Waals surface area contributed by atoms with Crippen LogP contribution in [0.1, 0.15) is 83.1 Å². The average molecular weight is 852 g/mol. The summed E-state index contributed by atoms with van der Waals surface area (Å²) in [5, 5.41) is 16.8. The molecule has 62 heavy (non-hydrogen) atoms. The number of phenolic OH excluding ortho intramolecular Hbond substituents is 1. The molecule has 15 heteroatoms. The van der Waals surface area contributed by atoms with E-state index >= 15 is 8.78 Å². The van der Waals surface area contributed by atoms with Crippen LogP contribution in [0.5, 0.6) is 5.75 Å². The minimum atomic E-state index is -1.39. The van der Waals surface area contributed by atoms with Crippen LogP contribution in [0.2, 0.25) is 0 Å². The lowest BCUT2D eigenvalue weighted by Crippen LogP contribution is -2.51. The van der Waals surface area contributed by atoms with E-state index in [1.807, 2.05) is 38.1 Å². The number of halogens is 2. The molecule has 0 bridgehead atoms. The second-order valence-corrected chi connectivity index (χ2v) is 17.2. The largest absolute Gasteiger partial charge is 0.507 e. The number of nitrogens with zero attached hydrogens (tertiary/aromatic N) is 4. The Balaban J connectivity index is 0.915. The summed E-state index contributed by atoms with van der Waals surface area (Å²) in [6.45, 7) is 7.23. The molecule has 3 aromatic carbocycles. The zero-order valence-electron chi connectivity index (χ0n) is 35.6. The first kappa shape index (κ1) is 44.0. The smallest absolute Gasteiger partial charge is 0.253 e. The standard InChI is InChI=1S/C47H59F2N9O4/c1-30-23-32(7-8-36(30)33-24-34(48)27-57(26-33)42(45(51)52)25-39(50)38-5-3-4-6-43(38)60)46(62)56-21-15-47(49,16-22-56)28-55-18-12-35(13-19-55)58-20-14-37-31(2)40(9-10-41(37)58)54-44(61)11-17-53-29-59/h3-10,14,20,23,25,29,33-35,60H,11-13,15-19,21-22,24,26-28,50-52H2,1-2H3,(H,53,59)(H,54,61)/b39-25-. The number of nitrogens with one attached hydrogen (secondary N) is 2. The predicted molar refractivity (Wildman–Crippen MR) is 238 cm³/mol. The number of piperidine rings is 3. The lowest BCUT2D eigenvalue weighted by Gasteiger charge is -2.41. The monoisotopic (exact) mass is 851 g/mol. The molecule has 9 N–H and O–H groups in total. The van der Waals surface area contributed by atoms with Crippen LogP contribution in [-0.2, 0) is 9.59 Å². The highest BCUT2D eigenvalue weighted by Crippen LogP contribution is 2.37. The topological polar surface area (TPSA) is 188 Å². The van der Waals surface area contributed by atoms with Crippen LogP contribution in [-0.4, -0.2) is 107 Å². The van der Waals surface area contributed by atoms with Gasteiger partial charge in [-0.1, -0.05) is 18.2 Å². The Morgan fingerprint density at radius 1 is 0.952 bits per heavy atom. The molecule has 0 radical (unpaired) electrons. The maximum atomic E-state index is 16.4. The fourth-order valence-corrected chi connectivity index (χ4v) is 9.53. The first-order valence-electron chi connectivity index (χ1n) is 21.5. The lowest BCUT2D eigenvalue weighted by molar-refractivity contribution is -0.116. The average Bonchev–Trinajstić information content (AvgIpc) is 3.69. The molecule has 0 spiro atoms. The van der Waals surface area contributed by atoms with Crippen molar-refractivity contribution in [1.29, 1.82) is 0 Å². The van der Waals surface area contributed by atoms with Crippen molar-refractivity contribution < 1.29 is 28.3 Å². The van der Waals surface area contributed by atoms with Gasteiger partial charge in [0.1, 0.15) is 23.4 Å². The Bertz CT molecular complexity index is 2340. The number of aromatic nitrogens is 1. The third-order valence-electron chi connectivity index (χ3n) is 12.9. The number of para-hydroxylation sites is 1. The highest BCUT2D eigenvalue weighted by atomic mass is 19.1. The molecule has 330 valence electrons. The van der Waals surface area contributed by atoms with Gasteiger partial charge in [-0.25, -0.2) is 8.78 Å². The minimum Gasteiger partial charge on any atom is -0.507 e. The summed E-state index contributed by atoms with van der Waals surface area (Å²) in [6, 6.07) is 18.5. The number of alkyl halides is 2. The number of likely N-dealkylation sites (tertiary alicyclic amines) is 3. The Morgan fingerprint density at radius 3 is 2.39 bits per heavy atom. The number of nitrogens with two attached hydrogens (primary N) is 3. The van der Waals surface area contributed by atoms with Crippen molar-refractivity contribution in [2.24, 2.45) is 17.2 Å². The van der Waals surface area contributed by atoms with Gasteiger partial charge in [-0.2, -0.15) is 0 Å². The zero-order valence-corrected chi connectivity index (χ0v) is 35.6. The van der Waals surface area contributed by atoms with Gasteiger partial charge in [0.25, 0.3) is 5.91 Å². The van der Waals surface area contributed by atoms with Gasteiger partial charge in [0, 0.05) is 123 Å². The van der Waals surface area contributed by atoms with Gasteiger partial charge < -0.3 is 52.2 Å². The van der Waals surface area contributed by atoms with Gasteiger partial charge in [-0.3, -0.25) is 14.4 Å². The van der Waals surface area contributed by atoms with Crippen molar-refractivity contribution in [3.63, 3.8) is 0 Å². The van der Waals surface area contributed by atoms with Gasteiger partial charge in [0.2, 0.25) is 12.3 Å². The first-order valence-corrected chi connectivity index (χ1v) is 21.5. The molecule has 4 aromatic rings. The molecule has 3 fully saturated rings. The fourth-order valence-electron chi connectivity index (χ4n) is 9.53. The molecule has 13 nitrogen and oxygen atoms in total. The molecule has 2 unspecified atom stereocenters. The molecule has 1 aromatic heterocycles. The Morgan fingerprint density at radius 2 is 1.69 bits per heavy atom. The van der Waals surface area contributed by atoms with Crippen LogP contribution >= 0.6 is 0 Å². The summed E-state index contributed by atoms with van der Waals surface area (Å²) >= 11 is 0. The number of aryl methyl sites for hydroxylation is 2. The summed E-state index contributed by atoms with van der Waals surface area (Å²) in [5.41, 5.74) is 23.3. The van der Waals surface area contributed by atoms with Crippen LogP contribution in [0.15, 0.2) is 84.5 Å². The van der Waals surface area contributed by atoms with E-state index < -0.39 is 11.8 Å². The highest BCUT2D eigenvalue weighted by Gasteiger charge is 2.39. The number of anilines is 1. The number of hydrogen-bond donors (Lipinski definition) is 6. The molecule has 3 saturated heterocycles. The molecule has 7 rings (SSSR count). The molecule has 3 amide bonds. The number of allylic oxidation sites excluding steroid dienone is 1. The summed E-state index contributed by atoms with van der Waals surface area (Å²) in [4.78, 5) is 42.3. The first-order chi connectivity index (χ1) is 29.7. The molecular weight excluding hydrogens is 793 g/mol. The Kier molecular flexibility index (Phi) is 13.4. The summed E-state index contributed by atoms with van der Waals surface area (Å²) in [7, 11) is 0. The Hall–Kier alpha value is -6.09. The number of aromatic hydroxyl groups is 1. The van der Waals surface area contributed by atoms with Crippen molar-refractivity contribution in [2.45, 2.75) is 76.2 Å². The number of rotatable bonds is 13. The van der Waals surface area contributed by atoms with Crippen molar-refractivity contribution >= 4 is 40.5 Å². The van der Waals surface area contributed by atoms with E-state index in [2.05, 4.69) is 32.4 Å². The minimum absolute atomic E-state index is 0.00546. The third kappa shape index (κ3) is 9.83. The maximum Gasteiger partial charge on any atom is 0.253 e. The van der Waals surface area contributed by atoms with E-state index in [-0.39, 0.29) is 73.4 Å². The number of phenols is 1. The maximum absolute atomic E-state index is 16.4. The van der Waals surface area contributed by atoms with Gasteiger partial charge in [0.15, 0.2) is 0 Å².